The average molecular weight is 495 g/mol. The van der Waals surface area contributed by atoms with Crippen LogP contribution in [-0.2, 0) is 4.74 Å². The molecule has 0 radical (unpaired) electrons. The first-order chi connectivity index (χ1) is 17.1. The number of hydrogen-bond donors (Lipinski definition) is 1. The van der Waals surface area contributed by atoms with Crippen LogP contribution in [0.4, 0.5) is 5.69 Å². The van der Waals surface area contributed by atoms with Crippen molar-refractivity contribution in [1.82, 2.24) is 14.8 Å². The van der Waals surface area contributed by atoms with Gasteiger partial charge in [0.15, 0.2) is 11.5 Å². The molecule has 3 aromatic rings. The van der Waals surface area contributed by atoms with Gasteiger partial charge in [0.05, 0.1) is 24.3 Å². The lowest BCUT2D eigenvalue weighted by Gasteiger charge is -2.27. The molecule has 9 heteroatoms. The number of carbonyl (C=O) groups excluding carboxylic acids is 1. The van der Waals surface area contributed by atoms with Crippen molar-refractivity contribution in [3.63, 3.8) is 0 Å². The largest absolute Gasteiger partial charge is 0.453 e. The molecule has 1 aromatic heterocycles. The number of morpholine rings is 1. The number of nitrogens with one attached hydrogen (secondary N) is 1. The van der Waals surface area contributed by atoms with Crippen molar-refractivity contribution in [2.75, 3.05) is 57.4 Å². The number of anilines is 1. The van der Waals surface area contributed by atoms with Crippen LogP contribution in [0.2, 0.25) is 5.02 Å². The van der Waals surface area contributed by atoms with Gasteiger partial charge in [0.2, 0.25) is 5.43 Å². The summed E-state index contributed by atoms with van der Waals surface area (Å²) in [5, 5.41) is 3.98. The Labute approximate surface area is 208 Å². The topological polar surface area (TPSA) is 76.0 Å². The molecule has 35 heavy (non-hydrogen) atoms. The van der Waals surface area contributed by atoms with Gasteiger partial charge in [-0.05, 0) is 31.0 Å². The number of nitrogens with zero attached hydrogens (tertiary/aromatic N) is 3. The van der Waals surface area contributed by atoms with Gasteiger partial charge in [-0.3, -0.25) is 14.5 Å². The monoisotopic (exact) mass is 494 g/mol. The van der Waals surface area contributed by atoms with E-state index >= 15 is 0 Å². The number of amides is 1. The lowest BCUT2D eigenvalue weighted by molar-refractivity contribution is 0.0383. The van der Waals surface area contributed by atoms with Crippen LogP contribution in [-0.4, -0.2) is 67.9 Å². The smallest absolute Gasteiger partial charge is 0.256 e. The highest BCUT2D eigenvalue weighted by atomic mass is 35.5. The summed E-state index contributed by atoms with van der Waals surface area (Å²) in [7, 11) is 0. The average Bonchev–Trinajstić information content (AvgIpc) is 3.41. The third-order valence-electron chi connectivity index (χ3n) is 6.98. The van der Waals surface area contributed by atoms with E-state index in [0.29, 0.717) is 47.2 Å². The maximum atomic E-state index is 13.6. The lowest BCUT2D eigenvalue weighted by atomic mass is 10.1. The zero-order valence-electron chi connectivity index (χ0n) is 19.4. The molecule has 2 aromatic carbocycles. The van der Waals surface area contributed by atoms with Crippen LogP contribution in [0.3, 0.4) is 0 Å². The number of halogens is 1. The highest BCUT2D eigenvalue weighted by Gasteiger charge is 2.26. The van der Waals surface area contributed by atoms with E-state index in [9.17, 15) is 9.59 Å². The van der Waals surface area contributed by atoms with Crippen LogP contribution >= 0.6 is 11.6 Å². The number of rotatable bonds is 5. The first-order valence-corrected chi connectivity index (χ1v) is 12.5. The Morgan fingerprint density at radius 3 is 2.63 bits per heavy atom. The first-order valence-electron chi connectivity index (χ1n) is 12.1. The molecule has 0 unspecified atom stereocenters. The Balaban J connectivity index is 1.41. The Hall–Kier alpha value is -3.07. The van der Waals surface area contributed by atoms with Gasteiger partial charge < -0.3 is 24.3 Å². The Bertz CT molecular complexity index is 1360. The molecule has 0 spiro atoms. The van der Waals surface area contributed by atoms with Crippen molar-refractivity contribution in [3.8, 4) is 17.2 Å². The molecular formula is C26H27ClN4O4. The maximum absolute atomic E-state index is 13.6. The first kappa shape index (κ1) is 22.4. The van der Waals surface area contributed by atoms with Crippen molar-refractivity contribution in [3.05, 3.63) is 57.3 Å². The van der Waals surface area contributed by atoms with Crippen molar-refractivity contribution in [2.24, 2.45) is 0 Å². The summed E-state index contributed by atoms with van der Waals surface area (Å²) in [6, 6.07) is 9.26. The molecule has 3 aliphatic heterocycles. The van der Waals surface area contributed by atoms with E-state index in [1.54, 1.807) is 18.3 Å². The fourth-order valence-corrected chi connectivity index (χ4v) is 5.30. The molecule has 3 aliphatic rings. The van der Waals surface area contributed by atoms with Crippen LogP contribution in [0.1, 0.15) is 23.2 Å². The molecule has 6 rings (SSSR count). The SMILES string of the molecule is O=C(NCCN1CCOCC1)c1cn2c3c(cc(N4CCCC4)cc3c1=O)Oc1cc(Cl)ccc1-2. The van der Waals surface area contributed by atoms with E-state index in [4.69, 9.17) is 21.1 Å². The van der Waals surface area contributed by atoms with Crippen LogP contribution < -0.4 is 20.4 Å². The standard InChI is InChI=1S/C26H27ClN4O4/c27-17-3-4-21-22(13-17)35-23-15-18(30-6-1-2-7-30)14-19-24(23)31(21)16-20(25(19)32)26(33)28-5-8-29-9-11-34-12-10-29/h3-4,13-16H,1-2,5-12H2,(H,28,33). The quantitative estimate of drug-likeness (QED) is 0.458. The van der Waals surface area contributed by atoms with E-state index in [-0.39, 0.29) is 16.9 Å². The van der Waals surface area contributed by atoms with Gasteiger partial charge in [-0.2, -0.15) is 0 Å². The Kier molecular flexibility index (Phi) is 5.88. The van der Waals surface area contributed by atoms with Gasteiger partial charge in [0.25, 0.3) is 5.91 Å². The normalized spacial score (nSPS) is 17.3. The van der Waals surface area contributed by atoms with Crippen LogP contribution in [0.5, 0.6) is 11.5 Å². The summed E-state index contributed by atoms with van der Waals surface area (Å²) in [4.78, 5) is 31.3. The summed E-state index contributed by atoms with van der Waals surface area (Å²) < 4.78 is 13.5. The number of pyridine rings is 1. The molecule has 4 heterocycles. The second kappa shape index (κ2) is 9.18. The molecule has 0 bridgehead atoms. The van der Waals surface area contributed by atoms with Gasteiger partial charge in [0.1, 0.15) is 11.1 Å². The van der Waals surface area contributed by atoms with Crippen LogP contribution in [0.15, 0.2) is 41.3 Å². The predicted molar refractivity (Wildman–Crippen MR) is 136 cm³/mol. The fourth-order valence-electron chi connectivity index (χ4n) is 5.13. The molecule has 182 valence electrons. The van der Waals surface area contributed by atoms with Crippen molar-refractivity contribution in [2.45, 2.75) is 12.8 Å². The number of aromatic nitrogens is 1. The van der Waals surface area contributed by atoms with Gasteiger partial charge >= 0.3 is 0 Å². The van der Waals surface area contributed by atoms with Crippen LogP contribution in [0.25, 0.3) is 16.6 Å². The van der Waals surface area contributed by atoms with Gasteiger partial charge in [-0.15, -0.1) is 0 Å². The van der Waals surface area contributed by atoms with E-state index in [1.807, 2.05) is 22.8 Å². The predicted octanol–water partition coefficient (Wildman–Crippen LogP) is 3.41. The summed E-state index contributed by atoms with van der Waals surface area (Å²) in [6.07, 6.45) is 3.86. The molecule has 0 aliphatic carbocycles. The minimum Gasteiger partial charge on any atom is -0.453 e. The lowest BCUT2D eigenvalue weighted by Crippen LogP contribution is -2.42. The highest BCUT2D eigenvalue weighted by Crippen LogP contribution is 2.43. The van der Waals surface area contributed by atoms with E-state index in [0.717, 1.165) is 56.9 Å². The third kappa shape index (κ3) is 4.16. The summed E-state index contributed by atoms with van der Waals surface area (Å²) in [6.45, 7) is 6.15. The van der Waals surface area contributed by atoms with Gasteiger partial charge in [0, 0.05) is 68.3 Å². The molecule has 0 atom stereocenters. The summed E-state index contributed by atoms with van der Waals surface area (Å²) >= 11 is 6.25. The van der Waals surface area contributed by atoms with E-state index in [1.165, 1.54) is 0 Å². The van der Waals surface area contributed by atoms with E-state index in [2.05, 4.69) is 15.1 Å². The Morgan fingerprint density at radius 2 is 1.83 bits per heavy atom. The summed E-state index contributed by atoms with van der Waals surface area (Å²) in [5.74, 6) is 0.812. The molecule has 2 saturated heterocycles. The molecule has 8 nitrogen and oxygen atoms in total. The number of benzene rings is 2. The zero-order chi connectivity index (χ0) is 23.9. The molecule has 0 saturated carbocycles. The second-order valence-electron chi connectivity index (χ2n) is 9.20. The number of hydrogen-bond acceptors (Lipinski definition) is 6. The number of carbonyl (C=O) groups is 1. The molecule has 1 amide bonds. The van der Waals surface area contributed by atoms with Gasteiger partial charge in [-0.25, -0.2) is 0 Å². The maximum Gasteiger partial charge on any atom is 0.256 e. The molecule has 1 N–H and O–H groups in total. The summed E-state index contributed by atoms with van der Waals surface area (Å²) in [5.41, 5.74) is 2.17. The number of fused-ring (bicyclic) bond motifs is 2. The number of ether oxygens (including phenoxy) is 2. The molecule has 2 fully saturated rings. The van der Waals surface area contributed by atoms with Crippen LogP contribution in [0, 0.1) is 0 Å². The highest BCUT2D eigenvalue weighted by molar-refractivity contribution is 6.30. The minimum atomic E-state index is -0.371. The Morgan fingerprint density at radius 1 is 1.03 bits per heavy atom. The fraction of sp³-hybridized carbons (Fsp3) is 0.385. The van der Waals surface area contributed by atoms with Crippen molar-refractivity contribution < 1.29 is 14.3 Å². The van der Waals surface area contributed by atoms with Gasteiger partial charge in [-0.1, -0.05) is 11.6 Å². The third-order valence-corrected chi connectivity index (χ3v) is 7.22. The van der Waals surface area contributed by atoms with Crippen molar-refractivity contribution in [1.29, 1.82) is 0 Å². The zero-order valence-corrected chi connectivity index (χ0v) is 20.1. The van der Waals surface area contributed by atoms with E-state index < -0.39 is 0 Å². The molecular weight excluding hydrogens is 468 g/mol. The van der Waals surface area contributed by atoms with Crippen molar-refractivity contribution >= 4 is 34.1 Å². The minimum absolute atomic E-state index is 0.117. The second-order valence-corrected chi connectivity index (χ2v) is 9.64.